The fourth-order valence-corrected chi connectivity index (χ4v) is 0.938. The first kappa shape index (κ1) is 9.38. The largest absolute Gasteiger partial charge is 0.465 e. The molecule has 0 N–H and O–H groups in total. The van der Waals surface area contributed by atoms with Crippen molar-refractivity contribution in [3.8, 4) is 0 Å². The summed E-state index contributed by atoms with van der Waals surface area (Å²) in [5, 5.41) is 0. The number of aldehydes is 1. The number of carbonyl (C=O) groups excluding carboxylic acids is 2. The van der Waals surface area contributed by atoms with E-state index in [2.05, 4.69) is 9.72 Å². The third kappa shape index (κ3) is 1.90. The predicted octanol–water partition coefficient (Wildman–Crippen LogP) is 0.989. The Morgan fingerprint density at radius 3 is 2.77 bits per heavy atom. The number of esters is 1. The molecule has 1 aromatic rings. The number of aromatic nitrogens is 1. The Kier molecular flexibility index (Phi) is 2.74. The Balaban J connectivity index is 3.09. The maximum atomic E-state index is 11.0. The van der Waals surface area contributed by atoms with Crippen molar-refractivity contribution in [1.29, 1.82) is 0 Å². The Morgan fingerprint density at radius 1 is 1.62 bits per heavy atom. The molecule has 0 amide bonds. The van der Waals surface area contributed by atoms with E-state index in [1.54, 1.807) is 13.0 Å². The molecule has 0 unspecified atom stereocenters. The molecule has 4 nitrogen and oxygen atoms in total. The highest BCUT2D eigenvalue weighted by Gasteiger charge is 2.07. The molecule has 0 bridgehead atoms. The maximum Gasteiger partial charge on any atom is 0.339 e. The Morgan fingerprint density at radius 2 is 2.31 bits per heavy atom. The minimum Gasteiger partial charge on any atom is -0.465 e. The molecule has 4 heteroatoms. The van der Waals surface area contributed by atoms with Crippen LogP contribution < -0.4 is 0 Å². The van der Waals surface area contributed by atoms with Gasteiger partial charge in [-0.3, -0.25) is 9.78 Å². The summed E-state index contributed by atoms with van der Waals surface area (Å²) >= 11 is 0. The van der Waals surface area contributed by atoms with Crippen LogP contribution in [0.2, 0.25) is 0 Å². The maximum absolute atomic E-state index is 11.0. The van der Waals surface area contributed by atoms with E-state index < -0.39 is 5.97 Å². The Hall–Kier alpha value is -1.71. The Bertz CT molecular complexity index is 347. The van der Waals surface area contributed by atoms with E-state index >= 15 is 0 Å². The Labute approximate surface area is 75.5 Å². The zero-order valence-electron chi connectivity index (χ0n) is 7.40. The highest BCUT2D eigenvalue weighted by molar-refractivity contribution is 5.90. The van der Waals surface area contributed by atoms with Crippen LogP contribution in [0.25, 0.3) is 0 Å². The zero-order chi connectivity index (χ0) is 9.84. The number of methoxy groups -OCH3 is 1. The minimum absolute atomic E-state index is 0.340. The topological polar surface area (TPSA) is 56.3 Å². The van der Waals surface area contributed by atoms with Crippen molar-refractivity contribution in [2.24, 2.45) is 0 Å². The molecule has 0 saturated carbocycles. The minimum atomic E-state index is -0.451. The monoisotopic (exact) mass is 179 g/mol. The number of hydrogen-bond acceptors (Lipinski definition) is 4. The van der Waals surface area contributed by atoms with Crippen molar-refractivity contribution in [3.63, 3.8) is 0 Å². The molecule has 1 heterocycles. The van der Waals surface area contributed by atoms with Gasteiger partial charge < -0.3 is 4.74 Å². The van der Waals surface area contributed by atoms with Gasteiger partial charge in [-0.15, -0.1) is 0 Å². The van der Waals surface area contributed by atoms with Gasteiger partial charge >= 0.3 is 5.97 Å². The van der Waals surface area contributed by atoms with Crippen LogP contribution in [0.15, 0.2) is 12.3 Å². The quantitative estimate of drug-likeness (QED) is 0.501. The number of aryl methyl sites for hydroxylation is 1. The summed E-state index contributed by atoms with van der Waals surface area (Å²) in [6.45, 7) is 1.71. The number of nitrogens with zero attached hydrogens (tertiary/aromatic N) is 1. The summed E-state index contributed by atoms with van der Waals surface area (Å²) in [7, 11) is 1.30. The van der Waals surface area contributed by atoms with Gasteiger partial charge in [-0.1, -0.05) is 0 Å². The van der Waals surface area contributed by atoms with E-state index in [-0.39, 0.29) is 0 Å². The highest BCUT2D eigenvalue weighted by Crippen LogP contribution is 2.06. The first-order chi connectivity index (χ1) is 6.19. The van der Waals surface area contributed by atoms with Crippen molar-refractivity contribution in [2.45, 2.75) is 6.92 Å². The van der Waals surface area contributed by atoms with Crippen molar-refractivity contribution >= 4 is 12.3 Å². The third-order valence-corrected chi connectivity index (χ3v) is 1.65. The number of hydrogen-bond donors (Lipinski definition) is 0. The van der Waals surface area contributed by atoms with Crippen LogP contribution in [-0.2, 0) is 4.74 Å². The van der Waals surface area contributed by atoms with Crippen LogP contribution in [0.4, 0.5) is 0 Å². The van der Waals surface area contributed by atoms with Crippen LogP contribution in [0, 0.1) is 6.92 Å². The normalized spacial score (nSPS) is 9.38. The molecular formula is C9H9NO3. The standard InChI is InChI=1S/C9H9NO3/c1-6-3-7(9(12)13-2)4-10-8(6)5-11/h3-5H,1-2H3. The van der Waals surface area contributed by atoms with Crippen molar-refractivity contribution < 1.29 is 14.3 Å². The van der Waals surface area contributed by atoms with Gasteiger partial charge in [0.2, 0.25) is 0 Å². The van der Waals surface area contributed by atoms with Crippen LogP contribution >= 0.6 is 0 Å². The third-order valence-electron chi connectivity index (χ3n) is 1.65. The molecule has 13 heavy (non-hydrogen) atoms. The fourth-order valence-electron chi connectivity index (χ4n) is 0.938. The number of pyridine rings is 1. The molecule has 0 saturated heterocycles. The summed E-state index contributed by atoms with van der Waals surface area (Å²) in [6, 6.07) is 1.57. The molecule has 0 spiro atoms. The molecule has 0 aliphatic heterocycles. The van der Waals surface area contributed by atoms with Crippen molar-refractivity contribution in [1.82, 2.24) is 4.98 Å². The van der Waals surface area contributed by atoms with Gasteiger partial charge in [0.05, 0.1) is 12.7 Å². The number of carbonyl (C=O) groups is 2. The van der Waals surface area contributed by atoms with E-state index in [9.17, 15) is 9.59 Å². The zero-order valence-corrected chi connectivity index (χ0v) is 7.40. The fraction of sp³-hybridized carbons (Fsp3) is 0.222. The van der Waals surface area contributed by atoms with Gasteiger partial charge in [0.25, 0.3) is 0 Å². The van der Waals surface area contributed by atoms with E-state index in [1.807, 2.05) is 0 Å². The second-order valence-electron chi connectivity index (χ2n) is 2.54. The smallest absolute Gasteiger partial charge is 0.339 e. The summed E-state index contributed by atoms with van der Waals surface area (Å²) < 4.78 is 4.50. The van der Waals surface area contributed by atoms with Crippen LogP contribution in [0.5, 0.6) is 0 Å². The molecule has 0 fully saturated rings. The SMILES string of the molecule is COC(=O)c1cnc(C=O)c(C)c1. The summed E-state index contributed by atoms with van der Waals surface area (Å²) in [5.41, 5.74) is 1.36. The van der Waals surface area contributed by atoms with Gasteiger partial charge in [-0.05, 0) is 18.6 Å². The molecule has 0 atom stereocenters. The molecule has 0 radical (unpaired) electrons. The summed E-state index contributed by atoms with van der Waals surface area (Å²) in [6.07, 6.45) is 1.97. The van der Waals surface area contributed by atoms with Gasteiger partial charge in [-0.25, -0.2) is 4.79 Å². The molecule has 0 aliphatic rings. The van der Waals surface area contributed by atoms with E-state index in [0.717, 1.165) is 0 Å². The van der Waals surface area contributed by atoms with Gasteiger partial charge in [-0.2, -0.15) is 0 Å². The molecular weight excluding hydrogens is 170 g/mol. The average molecular weight is 179 g/mol. The van der Waals surface area contributed by atoms with E-state index in [4.69, 9.17) is 0 Å². The van der Waals surface area contributed by atoms with Crippen molar-refractivity contribution in [3.05, 3.63) is 29.1 Å². The second kappa shape index (κ2) is 3.80. The van der Waals surface area contributed by atoms with Crippen molar-refractivity contribution in [2.75, 3.05) is 7.11 Å². The molecule has 68 valence electrons. The lowest BCUT2D eigenvalue weighted by Gasteiger charge is -2.00. The average Bonchev–Trinajstić information content (AvgIpc) is 2.16. The van der Waals surface area contributed by atoms with Crippen LogP contribution in [0.1, 0.15) is 26.4 Å². The lowest BCUT2D eigenvalue weighted by atomic mass is 10.1. The van der Waals surface area contributed by atoms with Gasteiger partial charge in [0, 0.05) is 6.20 Å². The first-order valence-corrected chi connectivity index (χ1v) is 3.69. The number of rotatable bonds is 2. The molecule has 0 aromatic carbocycles. The van der Waals surface area contributed by atoms with Crippen LogP contribution in [-0.4, -0.2) is 24.3 Å². The number of ether oxygens (including phenoxy) is 1. The van der Waals surface area contributed by atoms with E-state index in [0.29, 0.717) is 23.1 Å². The lowest BCUT2D eigenvalue weighted by molar-refractivity contribution is 0.0600. The second-order valence-corrected chi connectivity index (χ2v) is 2.54. The summed E-state index contributed by atoms with van der Waals surface area (Å²) in [4.78, 5) is 25.2. The molecule has 1 aromatic heterocycles. The van der Waals surface area contributed by atoms with Gasteiger partial charge in [0.1, 0.15) is 5.69 Å². The molecule has 1 rings (SSSR count). The predicted molar refractivity (Wildman–Crippen MR) is 45.7 cm³/mol. The van der Waals surface area contributed by atoms with E-state index in [1.165, 1.54) is 13.3 Å². The highest BCUT2D eigenvalue weighted by atomic mass is 16.5. The van der Waals surface area contributed by atoms with Gasteiger partial charge in [0.15, 0.2) is 6.29 Å². The molecule has 0 aliphatic carbocycles. The first-order valence-electron chi connectivity index (χ1n) is 3.69. The summed E-state index contributed by atoms with van der Waals surface area (Å²) in [5.74, 6) is -0.451. The lowest BCUT2D eigenvalue weighted by Crippen LogP contribution is -2.04. The van der Waals surface area contributed by atoms with Crippen LogP contribution in [0.3, 0.4) is 0 Å².